The van der Waals surface area contributed by atoms with Crippen molar-refractivity contribution < 1.29 is 14.6 Å². The highest BCUT2D eigenvalue weighted by Crippen LogP contribution is 2.65. The van der Waals surface area contributed by atoms with Crippen molar-refractivity contribution in [3.05, 3.63) is 45.8 Å². The van der Waals surface area contributed by atoms with Crippen molar-refractivity contribution in [2.45, 2.75) is 39.2 Å². The van der Waals surface area contributed by atoms with Crippen LogP contribution in [0.2, 0.25) is 0 Å². The van der Waals surface area contributed by atoms with Gasteiger partial charge in [-0.15, -0.1) is 11.3 Å². The minimum atomic E-state index is -0.795. The Hall–Kier alpha value is -1.65. The van der Waals surface area contributed by atoms with Crippen LogP contribution in [0.25, 0.3) is 10.4 Å². The number of aromatic carboxylic acids is 1. The van der Waals surface area contributed by atoms with Crippen LogP contribution in [0.1, 0.15) is 52.5 Å². The smallest absolute Gasteiger partial charge is 0.337 e. The van der Waals surface area contributed by atoms with E-state index in [9.17, 15) is 9.90 Å². The maximum absolute atomic E-state index is 12.1. The Kier molecular flexibility index (Phi) is 3.59. The molecule has 24 heavy (non-hydrogen) atoms. The van der Waals surface area contributed by atoms with Crippen molar-refractivity contribution in [1.29, 1.82) is 0 Å². The third-order valence-corrected chi connectivity index (χ3v) is 7.31. The predicted molar refractivity (Wildman–Crippen MR) is 95.8 cm³/mol. The van der Waals surface area contributed by atoms with Crippen LogP contribution in [0.15, 0.2) is 24.3 Å². The minimum Gasteiger partial charge on any atom is -0.478 e. The molecule has 0 saturated heterocycles. The average molecular weight is 342 g/mol. The summed E-state index contributed by atoms with van der Waals surface area (Å²) < 4.78 is 5.31. The van der Waals surface area contributed by atoms with Gasteiger partial charge in [0.1, 0.15) is 0 Å². The van der Waals surface area contributed by atoms with E-state index in [4.69, 9.17) is 4.74 Å². The molecule has 0 amide bonds. The van der Waals surface area contributed by atoms with Gasteiger partial charge in [0.2, 0.25) is 0 Å². The Balaban J connectivity index is 1.92. The first-order chi connectivity index (χ1) is 11.4. The van der Waals surface area contributed by atoms with Crippen LogP contribution in [0, 0.1) is 11.3 Å². The molecule has 2 bridgehead atoms. The molecule has 3 aliphatic carbocycles. The second-order valence-corrected chi connectivity index (χ2v) is 8.65. The first kappa shape index (κ1) is 15.9. The van der Waals surface area contributed by atoms with Crippen LogP contribution < -0.4 is 0 Å². The molecule has 1 aromatic carbocycles. The zero-order valence-electron chi connectivity index (χ0n) is 14.3. The molecule has 126 valence electrons. The van der Waals surface area contributed by atoms with Crippen LogP contribution in [0.5, 0.6) is 0 Å². The lowest BCUT2D eigenvalue weighted by Crippen LogP contribution is -2.48. The summed E-state index contributed by atoms with van der Waals surface area (Å²) in [6.45, 7) is 5.07. The fraction of sp³-hybridized carbons (Fsp3) is 0.450. The van der Waals surface area contributed by atoms with E-state index in [1.165, 1.54) is 4.88 Å². The average Bonchev–Trinajstić information content (AvgIpc) is 2.94. The molecular formula is C20H22O3S. The quantitative estimate of drug-likeness (QED) is 0.855. The van der Waals surface area contributed by atoms with Gasteiger partial charge in [-0.1, -0.05) is 38.1 Å². The molecule has 1 aromatic heterocycles. The van der Waals surface area contributed by atoms with Crippen LogP contribution >= 0.6 is 11.3 Å². The zero-order chi connectivity index (χ0) is 17.1. The number of thiophene rings is 1. The Morgan fingerprint density at radius 3 is 2.79 bits per heavy atom. The number of rotatable bonds is 4. The summed E-state index contributed by atoms with van der Waals surface area (Å²) in [5, 5.41) is 9.97. The Bertz CT molecular complexity index is 818. The summed E-state index contributed by atoms with van der Waals surface area (Å²) in [6.07, 6.45) is 2.16. The first-order valence-corrected chi connectivity index (χ1v) is 9.22. The number of carbonyl (C=O) groups is 1. The van der Waals surface area contributed by atoms with E-state index < -0.39 is 5.97 Å². The normalized spacial score (nSPS) is 23.5. The van der Waals surface area contributed by atoms with Crippen molar-refractivity contribution in [1.82, 2.24) is 0 Å². The highest BCUT2D eigenvalue weighted by molar-refractivity contribution is 7.16. The molecule has 0 aliphatic heterocycles. The van der Waals surface area contributed by atoms with Crippen LogP contribution in [0.3, 0.4) is 0 Å². The maximum atomic E-state index is 12.1. The molecule has 3 nitrogen and oxygen atoms in total. The van der Waals surface area contributed by atoms with Gasteiger partial charge in [0.25, 0.3) is 0 Å². The standard InChI is InChI=1S/C20H22O3S/c1-20(2)12-8-14(20)16-15(9-12)24-18(17(16)19(21)22)13-7-5-4-6-11(13)10-23-3/h4-7,12,14H,8-10H2,1-3H3,(H,21,22). The number of carboxylic acid groups (broad SMARTS) is 1. The molecule has 4 heteroatoms. The number of carboxylic acids is 1. The van der Waals surface area contributed by atoms with Gasteiger partial charge in [-0.25, -0.2) is 4.79 Å². The number of hydrogen-bond donors (Lipinski definition) is 1. The van der Waals surface area contributed by atoms with Gasteiger partial charge in [-0.3, -0.25) is 0 Å². The summed E-state index contributed by atoms with van der Waals surface area (Å²) in [7, 11) is 1.67. The van der Waals surface area contributed by atoms with Gasteiger partial charge < -0.3 is 9.84 Å². The SMILES string of the molecule is COCc1ccccc1-c1sc2c(c1C(=O)O)C1CC(C2)C1(C)C. The highest BCUT2D eigenvalue weighted by atomic mass is 32.1. The Morgan fingerprint density at radius 1 is 1.38 bits per heavy atom. The molecule has 1 fully saturated rings. The maximum Gasteiger partial charge on any atom is 0.337 e. The lowest BCUT2D eigenvalue weighted by atomic mass is 9.48. The summed E-state index contributed by atoms with van der Waals surface area (Å²) in [4.78, 5) is 14.3. The van der Waals surface area contributed by atoms with Crippen LogP contribution in [0.4, 0.5) is 0 Å². The van der Waals surface area contributed by atoms with Crippen molar-refractivity contribution in [2.75, 3.05) is 7.11 Å². The van der Waals surface area contributed by atoms with Gasteiger partial charge in [0, 0.05) is 16.9 Å². The van der Waals surface area contributed by atoms with Crippen molar-refractivity contribution in [3.8, 4) is 10.4 Å². The van der Waals surface area contributed by atoms with Crippen LogP contribution in [-0.2, 0) is 17.8 Å². The molecule has 2 aromatic rings. The molecule has 1 saturated carbocycles. The summed E-state index contributed by atoms with van der Waals surface area (Å²) in [6, 6.07) is 8.00. The van der Waals surface area contributed by atoms with Crippen molar-refractivity contribution >= 4 is 17.3 Å². The second kappa shape index (κ2) is 5.43. The van der Waals surface area contributed by atoms with Gasteiger partial charge in [0.05, 0.1) is 12.2 Å². The lowest BCUT2D eigenvalue weighted by molar-refractivity contribution is 0.0191. The molecule has 0 spiro atoms. The van der Waals surface area contributed by atoms with E-state index in [2.05, 4.69) is 13.8 Å². The second-order valence-electron chi connectivity index (χ2n) is 7.55. The Labute approximate surface area is 146 Å². The third-order valence-electron chi connectivity index (χ3n) is 6.05. The van der Waals surface area contributed by atoms with E-state index in [0.29, 0.717) is 24.0 Å². The molecule has 2 atom stereocenters. The molecule has 1 N–H and O–H groups in total. The predicted octanol–water partition coefficient (Wildman–Crippen LogP) is 4.95. The molecule has 2 unspecified atom stereocenters. The zero-order valence-corrected chi connectivity index (χ0v) is 15.1. The summed E-state index contributed by atoms with van der Waals surface area (Å²) in [5.74, 6) is 0.283. The van der Waals surface area contributed by atoms with E-state index >= 15 is 0 Å². The van der Waals surface area contributed by atoms with Crippen molar-refractivity contribution in [3.63, 3.8) is 0 Å². The monoisotopic (exact) mass is 342 g/mol. The topological polar surface area (TPSA) is 46.5 Å². The van der Waals surface area contributed by atoms with E-state index in [-0.39, 0.29) is 5.41 Å². The van der Waals surface area contributed by atoms with Gasteiger partial charge >= 0.3 is 5.97 Å². The van der Waals surface area contributed by atoms with E-state index in [1.54, 1.807) is 18.4 Å². The molecule has 0 radical (unpaired) electrons. The van der Waals surface area contributed by atoms with Gasteiger partial charge in [-0.2, -0.15) is 0 Å². The molecule has 3 aliphatic rings. The lowest BCUT2D eigenvalue weighted by Gasteiger charge is -2.56. The number of benzene rings is 1. The fourth-order valence-electron chi connectivity index (χ4n) is 4.51. The molecule has 5 rings (SSSR count). The van der Waals surface area contributed by atoms with E-state index in [0.717, 1.165) is 34.4 Å². The number of methoxy groups -OCH3 is 1. The fourth-order valence-corrected chi connectivity index (χ4v) is 6.01. The Morgan fingerprint density at radius 2 is 2.12 bits per heavy atom. The van der Waals surface area contributed by atoms with E-state index in [1.807, 2.05) is 24.3 Å². The molecule has 1 heterocycles. The minimum absolute atomic E-state index is 0.224. The molecular weight excluding hydrogens is 320 g/mol. The summed E-state index contributed by atoms with van der Waals surface area (Å²) in [5.41, 5.74) is 3.93. The summed E-state index contributed by atoms with van der Waals surface area (Å²) >= 11 is 1.68. The largest absolute Gasteiger partial charge is 0.478 e. The highest BCUT2D eigenvalue weighted by Gasteiger charge is 2.54. The van der Waals surface area contributed by atoms with Gasteiger partial charge in [-0.05, 0) is 46.8 Å². The third kappa shape index (κ3) is 2.09. The number of ether oxygens (including phenoxy) is 1. The first-order valence-electron chi connectivity index (χ1n) is 8.41. The van der Waals surface area contributed by atoms with Crippen molar-refractivity contribution in [2.24, 2.45) is 11.3 Å². The van der Waals surface area contributed by atoms with Gasteiger partial charge in [0.15, 0.2) is 0 Å². The van der Waals surface area contributed by atoms with Crippen LogP contribution in [-0.4, -0.2) is 18.2 Å². The number of hydrogen-bond acceptors (Lipinski definition) is 3.